The number of halogens is 1. The molecule has 1 atom stereocenters. The quantitative estimate of drug-likeness (QED) is 0.183. The number of hydrogen-bond donors (Lipinski definition) is 1. The first-order chi connectivity index (χ1) is 18.1. The molecule has 1 fully saturated rings. The van der Waals surface area contributed by atoms with Gasteiger partial charge in [-0.2, -0.15) is 15.0 Å². The summed E-state index contributed by atoms with van der Waals surface area (Å²) in [4.78, 5) is 26.2. The Morgan fingerprint density at radius 2 is 1.76 bits per heavy atom. The van der Waals surface area contributed by atoms with E-state index in [1.165, 1.54) is 49.4 Å². The first-order valence-electron chi connectivity index (χ1n) is 12.7. The molecule has 1 aliphatic rings. The zero-order valence-electron chi connectivity index (χ0n) is 20.7. The van der Waals surface area contributed by atoms with Crippen LogP contribution in [0.2, 0.25) is 5.28 Å². The Hall–Kier alpha value is -3.16. The van der Waals surface area contributed by atoms with Crippen LogP contribution in [0.3, 0.4) is 0 Å². The highest BCUT2D eigenvalue weighted by Gasteiger charge is 2.27. The lowest BCUT2D eigenvalue weighted by atomic mass is 9.84. The highest BCUT2D eigenvalue weighted by atomic mass is 35.5. The Labute approximate surface area is 226 Å². The third-order valence-electron chi connectivity index (χ3n) is 6.66. The van der Waals surface area contributed by atoms with Gasteiger partial charge >= 0.3 is 5.97 Å². The number of benzene rings is 3. The molecule has 1 aliphatic carbocycles. The molecule has 1 saturated carbocycles. The van der Waals surface area contributed by atoms with Gasteiger partial charge in [0, 0.05) is 5.69 Å². The molecule has 190 valence electrons. The number of hydrogen-bond acceptors (Lipinski definition) is 7. The minimum atomic E-state index is -0.660. The van der Waals surface area contributed by atoms with E-state index in [0.29, 0.717) is 17.0 Å². The molecule has 3 aromatic carbocycles. The van der Waals surface area contributed by atoms with E-state index in [-0.39, 0.29) is 17.9 Å². The summed E-state index contributed by atoms with van der Waals surface area (Å²) >= 11 is 7.48. The average molecular weight is 533 g/mol. The molecule has 1 N–H and O–H groups in total. The van der Waals surface area contributed by atoms with E-state index in [9.17, 15) is 4.79 Å². The highest BCUT2D eigenvalue weighted by molar-refractivity contribution is 8.00. The van der Waals surface area contributed by atoms with Gasteiger partial charge in [0.1, 0.15) is 5.25 Å². The number of nitrogens with zero attached hydrogens (tertiary/aromatic N) is 3. The van der Waals surface area contributed by atoms with Crippen LogP contribution in [0.25, 0.3) is 10.8 Å². The normalized spacial score (nSPS) is 14.9. The van der Waals surface area contributed by atoms with Crippen molar-refractivity contribution in [3.63, 3.8) is 0 Å². The summed E-state index contributed by atoms with van der Waals surface area (Å²) in [7, 11) is 0. The lowest BCUT2D eigenvalue weighted by Crippen LogP contribution is -2.14. The fraction of sp³-hybridized carbons (Fsp3) is 0.310. The molecule has 0 bridgehead atoms. The Morgan fingerprint density at radius 3 is 2.54 bits per heavy atom. The van der Waals surface area contributed by atoms with Gasteiger partial charge in [0.15, 0.2) is 5.16 Å². The van der Waals surface area contributed by atoms with E-state index in [1.54, 1.807) is 6.92 Å². The zero-order valence-corrected chi connectivity index (χ0v) is 22.3. The minimum absolute atomic E-state index is 0.0550. The fourth-order valence-corrected chi connectivity index (χ4v) is 6.08. The van der Waals surface area contributed by atoms with Gasteiger partial charge in [0.2, 0.25) is 11.2 Å². The summed E-state index contributed by atoms with van der Waals surface area (Å²) in [6.07, 6.45) is 6.47. The zero-order chi connectivity index (χ0) is 25.6. The molecule has 0 aliphatic heterocycles. The van der Waals surface area contributed by atoms with Crippen LogP contribution in [0.1, 0.15) is 61.3 Å². The van der Waals surface area contributed by atoms with Crippen LogP contribution in [0, 0.1) is 0 Å². The molecule has 8 heteroatoms. The van der Waals surface area contributed by atoms with Crippen LogP contribution < -0.4 is 5.32 Å². The summed E-state index contributed by atoms with van der Waals surface area (Å²) in [6, 6.07) is 22.3. The third-order valence-corrected chi connectivity index (χ3v) is 7.91. The molecule has 0 spiro atoms. The highest BCUT2D eigenvalue weighted by Crippen LogP contribution is 2.39. The molecule has 0 saturated heterocycles. The number of ether oxygens (including phenoxy) is 1. The Morgan fingerprint density at radius 1 is 1.00 bits per heavy atom. The molecular weight excluding hydrogens is 504 g/mol. The van der Waals surface area contributed by atoms with Crippen molar-refractivity contribution in [2.45, 2.75) is 55.4 Å². The van der Waals surface area contributed by atoms with Crippen LogP contribution in [-0.2, 0) is 9.53 Å². The smallest absolute Gasteiger partial charge is 0.324 e. The van der Waals surface area contributed by atoms with Crippen molar-refractivity contribution in [2.75, 3.05) is 11.9 Å². The number of thioether (sulfide) groups is 1. The molecule has 1 heterocycles. The average Bonchev–Trinajstić information content (AvgIpc) is 2.92. The summed E-state index contributed by atoms with van der Waals surface area (Å²) in [5.41, 5.74) is 3.09. The standard InChI is InChI=1S/C29H29ClN4O2S/c1-2-36-26(35)25(24-14-8-12-21-11-6-7-13-23(21)24)37-29-33-27(30)32-28(34-29)31-22-17-15-20(16-18-22)19-9-4-3-5-10-19/h6-8,11-19,25H,2-5,9-10H2,1H3,(H,31,32,33,34). The Balaban J connectivity index is 1.39. The fourth-order valence-electron chi connectivity index (χ4n) is 4.89. The molecule has 5 rings (SSSR count). The predicted octanol–water partition coefficient (Wildman–Crippen LogP) is 7.87. The monoisotopic (exact) mass is 532 g/mol. The van der Waals surface area contributed by atoms with Crippen molar-refractivity contribution in [2.24, 2.45) is 0 Å². The number of fused-ring (bicyclic) bond motifs is 1. The molecule has 0 amide bonds. The summed E-state index contributed by atoms with van der Waals surface area (Å²) in [6.45, 7) is 2.08. The molecule has 0 radical (unpaired) electrons. The Bertz CT molecular complexity index is 1370. The van der Waals surface area contributed by atoms with Gasteiger partial charge in [-0.1, -0.05) is 85.6 Å². The van der Waals surface area contributed by atoms with Gasteiger partial charge in [-0.05, 0) is 71.3 Å². The van der Waals surface area contributed by atoms with Crippen LogP contribution in [0.15, 0.2) is 71.9 Å². The van der Waals surface area contributed by atoms with Crippen LogP contribution in [0.5, 0.6) is 0 Å². The van der Waals surface area contributed by atoms with E-state index < -0.39 is 5.25 Å². The maximum atomic E-state index is 13.1. The third kappa shape index (κ3) is 6.22. The van der Waals surface area contributed by atoms with Gasteiger partial charge < -0.3 is 10.1 Å². The summed E-state index contributed by atoms with van der Waals surface area (Å²) < 4.78 is 5.42. The maximum Gasteiger partial charge on any atom is 0.324 e. The maximum absolute atomic E-state index is 13.1. The van der Waals surface area contributed by atoms with Gasteiger partial charge in [0.25, 0.3) is 0 Å². The number of carbonyl (C=O) groups excluding carboxylic acids is 1. The second-order valence-electron chi connectivity index (χ2n) is 9.11. The van der Waals surface area contributed by atoms with Gasteiger partial charge in [-0.3, -0.25) is 4.79 Å². The second-order valence-corrected chi connectivity index (χ2v) is 10.5. The number of esters is 1. The molecule has 4 aromatic rings. The van der Waals surface area contributed by atoms with Gasteiger partial charge in [0.05, 0.1) is 6.61 Å². The first kappa shape index (κ1) is 25.5. The van der Waals surface area contributed by atoms with Crippen LogP contribution in [-0.4, -0.2) is 27.5 Å². The molecule has 1 unspecified atom stereocenters. The predicted molar refractivity (Wildman–Crippen MR) is 150 cm³/mol. The number of nitrogens with one attached hydrogen (secondary N) is 1. The second kappa shape index (κ2) is 11.9. The topological polar surface area (TPSA) is 77.0 Å². The summed E-state index contributed by atoms with van der Waals surface area (Å²) in [5, 5.41) is 4.99. The lowest BCUT2D eigenvalue weighted by Gasteiger charge is -2.22. The number of anilines is 2. The van der Waals surface area contributed by atoms with Crippen LogP contribution >= 0.6 is 23.4 Å². The number of carbonyl (C=O) groups is 1. The van der Waals surface area contributed by atoms with E-state index in [0.717, 1.165) is 22.0 Å². The molecule has 1 aromatic heterocycles. The lowest BCUT2D eigenvalue weighted by molar-refractivity contribution is -0.142. The van der Waals surface area contributed by atoms with Crippen molar-refractivity contribution in [1.82, 2.24) is 15.0 Å². The largest absolute Gasteiger partial charge is 0.465 e. The number of aromatic nitrogens is 3. The summed E-state index contributed by atoms with van der Waals surface area (Å²) in [5.74, 6) is 0.618. The minimum Gasteiger partial charge on any atom is -0.465 e. The first-order valence-corrected chi connectivity index (χ1v) is 14.0. The van der Waals surface area contributed by atoms with E-state index in [1.807, 2.05) is 54.6 Å². The van der Waals surface area contributed by atoms with E-state index >= 15 is 0 Å². The van der Waals surface area contributed by atoms with Gasteiger partial charge in [-0.25, -0.2) is 0 Å². The SMILES string of the molecule is CCOC(=O)C(Sc1nc(Cl)nc(Nc2ccc(C3CCCCC3)cc2)n1)c1cccc2ccccc12. The van der Waals surface area contributed by atoms with Crippen molar-refractivity contribution in [1.29, 1.82) is 0 Å². The van der Waals surface area contributed by atoms with E-state index in [2.05, 4.69) is 32.4 Å². The van der Waals surface area contributed by atoms with Crippen molar-refractivity contribution in [3.05, 3.63) is 83.1 Å². The van der Waals surface area contributed by atoms with Crippen LogP contribution in [0.4, 0.5) is 11.6 Å². The molecule has 37 heavy (non-hydrogen) atoms. The van der Waals surface area contributed by atoms with Crippen molar-refractivity contribution in [3.8, 4) is 0 Å². The van der Waals surface area contributed by atoms with Crippen molar-refractivity contribution < 1.29 is 9.53 Å². The molecule has 6 nitrogen and oxygen atoms in total. The Kier molecular flexibility index (Phi) is 8.21. The molecular formula is C29H29ClN4O2S. The number of rotatable bonds is 8. The van der Waals surface area contributed by atoms with Gasteiger partial charge in [-0.15, -0.1) is 0 Å². The van der Waals surface area contributed by atoms with E-state index in [4.69, 9.17) is 16.3 Å². The van der Waals surface area contributed by atoms with Crippen molar-refractivity contribution >= 4 is 51.7 Å².